The fourth-order valence-electron chi connectivity index (χ4n) is 1.73. The van der Waals surface area contributed by atoms with Crippen LogP contribution in [0.5, 0.6) is 0 Å². The Morgan fingerprint density at radius 2 is 2.38 bits per heavy atom. The largest absolute Gasteiger partial charge is 0.399 e. The number of nitrogens with two attached hydrogens (primary N) is 1. The Kier molecular flexibility index (Phi) is 1.20. The lowest BCUT2D eigenvalue weighted by atomic mass is 10.1. The van der Waals surface area contributed by atoms with Gasteiger partial charge in [0.15, 0.2) is 0 Å². The molecule has 1 fully saturated rings. The molecule has 0 bridgehead atoms. The van der Waals surface area contributed by atoms with Gasteiger partial charge in [0, 0.05) is 17.2 Å². The Hall–Kier alpha value is -1.51. The summed E-state index contributed by atoms with van der Waals surface area (Å²) in [5, 5.41) is 4.04. The van der Waals surface area contributed by atoms with E-state index in [-0.39, 0.29) is 0 Å². The number of oxime groups is 1. The molecule has 1 aliphatic carbocycles. The molecule has 0 aromatic heterocycles. The number of hydrogen-bond acceptors (Lipinski definition) is 3. The molecule has 1 aromatic rings. The first-order chi connectivity index (χ1) is 6.34. The fraction of sp³-hybridized carbons (Fsp3) is 0.300. The van der Waals surface area contributed by atoms with Gasteiger partial charge in [-0.05, 0) is 18.6 Å². The van der Waals surface area contributed by atoms with E-state index < -0.39 is 0 Å². The fourth-order valence-corrected chi connectivity index (χ4v) is 1.73. The van der Waals surface area contributed by atoms with Gasteiger partial charge in [-0.3, -0.25) is 0 Å². The van der Waals surface area contributed by atoms with Crippen molar-refractivity contribution in [1.82, 2.24) is 0 Å². The summed E-state index contributed by atoms with van der Waals surface area (Å²) in [6, 6.07) is 7.80. The van der Waals surface area contributed by atoms with Gasteiger partial charge >= 0.3 is 0 Å². The van der Waals surface area contributed by atoms with Gasteiger partial charge in [-0.1, -0.05) is 17.3 Å². The lowest BCUT2D eigenvalue weighted by Crippen LogP contribution is -2.02. The zero-order chi connectivity index (χ0) is 8.84. The van der Waals surface area contributed by atoms with E-state index in [0.29, 0.717) is 12.0 Å². The summed E-state index contributed by atoms with van der Waals surface area (Å²) in [6.45, 7) is 0. The van der Waals surface area contributed by atoms with Crippen molar-refractivity contribution in [3.8, 4) is 0 Å². The third-order valence-electron chi connectivity index (χ3n) is 2.55. The summed E-state index contributed by atoms with van der Waals surface area (Å²) < 4.78 is 0. The smallest absolute Gasteiger partial charge is 0.136 e. The predicted molar refractivity (Wildman–Crippen MR) is 50.4 cm³/mol. The molecule has 66 valence electrons. The number of benzene rings is 1. The number of rotatable bonds is 1. The minimum absolute atomic E-state index is 0.358. The van der Waals surface area contributed by atoms with Gasteiger partial charge in [-0.25, -0.2) is 0 Å². The zero-order valence-electron chi connectivity index (χ0n) is 7.10. The molecule has 0 radical (unpaired) electrons. The molecular weight excluding hydrogens is 164 g/mol. The van der Waals surface area contributed by atoms with Crippen molar-refractivity contribution < 1.29 is 4.84 Å². The maximum Gasteiger partial charge on any atom is 0.136 e. The molecule has 2 N–H and O–H groups in total. The van der Waals surface area contributed by atoms with Crippen LogP contribution in [0.2, 0.25) is 0 Å². The highest BCUT2D eigenvalue weighted by Crippen LogP contribution is 2.42. The SMILES string of the molecule is Nc1cccc(C2=NO[C@H]3C[C@H]23)c1. The molecule has 2 aliphatic rings. The van der Waals surface area contributed by atoms with Crippen molar-refractivity contribution in [3.05, 3.63) is 29.8 Å². The molecule has 1 heterocycles. The van der Waals surface area contributed by atoms with Crippen LogP contribution < -0.4 is 5.73 Å². The number of hydrogen-bond donors (Lipinski definition) is 1. The number of anilines is 1. The van der Waals surface area contributed by atoms with Gasteiger partial charge < -0.3 is 10.6 Å². The lowest BCUT2D eigenvalue weighted by Gasteiger charge is -2.00. The molecule has 13 heavy (non-hydrogen) atoms. The topological polar surface area (TPSA) is 47.6 Å². The molecule has 1 saturated carbocycles. The van der Waals surface area contributed by atoms with Crippen LogP contribution in [0.25, 0.3) is 0 Å². The Labute approximate surface area is 76.2 Å². The van der Waals surface area contributed by atoms with Crippen molar-refractivity contribution in [2.24, 2.45) is 11.1 Å². The number of nitrogens with zero attached hydrogens (tertiary/aromatic N) is 1. The average molecular weight is 174 g/mol. The van der Waals surface area contributed by atoms with Gasteiger partial charge in [0.2, 0.25) is 0 Å². The first-order valence-corrected chi connectivity index (χ1v) is 4.44. The monoisotopic (exact) mass is 174 g/mol. The molecule has 3 nitrogen and oxygen atoms in total. The molecule has 1 aliphatic heterocycles. The van der Waals surface area contributed by atoms with Crippen LogP contribution in [0.4, 0.5) is 5.69 Å². The highest BCUT2D eigenvalue weighted by molar-refractivity contribution is 6.05. The van der Waals surface area contributed by atoms with E-state index in [9.17, 15) is 0 Å². The Morgan fingerprint density at radius 1 is 1.46 bits per heavy atom. The maximum absolute atomic E-state index is 5.69. The Balaban J connectivity index is 2.00. The second kappa shape index (κ2) is 2.25. The first kappa shape index (κ1) is 6.95. The zero-order valence-corrected chi connectivity index (χ0v) is 7.10. The van der Waals surface area contributed by atoms with Crippen molar-refractivity contribution >= 4 is 11.4 Å². The second-order valence-corrected chi connectivity index (χ2v) is 3.59. The number of nitrogen functional groups attached to an aromatic ring is 1. The van der Waals surface area contributed by atoms with Gasteiger partial charge in [0.05, 0.1) is 5.71 Å². The van der Waals surface area contributed by atoms with E-state index in [1.807, 2.05) is 24.3 Å². The standard InChI is InChI=1S/C10H10N2O/c11-7-3-1-2-6(4-7)10-8-5-9(8)13-12-10/h1-4,8-9H,5,11H2/t8-,9-/m0/s1. The predicted octanol–water partition coefficient (Wildman–Crippen LogP) is 1.39. The van der Waals surface area contributed by atoms with E-state index in [1.165, 1.54) is 0 Å². The second-order valence-electron chi connectivity index (χ2n) is 3.59. The van der Waals surface area contributed by atoms with Crippen LogP contribution in [0.3, 0.4) is 0 Å². The molecule has 3 heteroatoms. The molecule has 0 saturated heterocycles. The normalized spacial score (nSPS) is 29.1. The van der Waals surface area contributed by atoms with Gasteiger partial charge in [-0.2, -0.15) is 0 Å². The van der Waals surface area contributed by atoms with Crippen molar-refractivity contribution in [2.75, 3.05) is 5.73 Å². The quantitative estimate of drug-likeness (QED) is 0.654. The van der Waals surface area contributed by atoms with Crippen LogP contribution in [-0.4, -0.2) is 11.8 Å². The molecule has 0 unspecified atom stereocenters. The van der Waals surface area contributed by atoms with Crippen molar-refractivity contribution in [3.63, 3.8) is 0 Å². The van der Waals surface area contributed by atoms with Gasteiger partial charge in [0.1, 0.15) is 6.10 Å². The van der Waals surface area contributed by atoms with Crippen molar-refractivity contribution in [1.29, 1.82) is 0 Å². The van der Waals surface area contributed by atoms with E-state index in [0.717, 1.165) is 23.4 Å². The Bertz CT molecular complexity index is 386. The summed E-state index contributed by atoms with van der Waals surface area (Å²) in [6.07, 6.45) is 1.48. The van der Waals surface area contributed by atoms with Crippen molar-refractivity contribution in [2.45, 2.75) is 12.5 Å². The average Bonchev–Trinajstić information content (AvgIpc) is 2.78. The van der Waals surface area contributed by atoms with Crippen LogP contribution in [0.1, 0.15) is 12.0 Å². The highest BCUT2D eigenvalue weighted by atomic mass is 16.7. The maximum atomic E-state index is 5.69. The van der Waals surface area contributed by atoms with Gasteiger partial charge in [-0.15, -0.1) is 0 Å². The summed E-state index contributed by atoms with van der Waals surface area (Å²) >= 11 is 0. The van der Waals surface area contributed by atoms with Crippen LogP contribution >= 0.6 is 0 Å². The van der Waals surface area contributed by atoms with E-state index >= 15 is 0 Å². The molecule has 2 atom stereocenters. The Morgan fingerprint density at radius 3 is 3.00 bits per heavy atom. The molecule has 0 spiro atoms. The third-order valence-corrected chi connectivity index (χ3v) is 2.55. The number of fused-ring (bicyclic) bond motifs is 1. The van der Waals surface area contributed by atoms with E-state index in [1.54, 1.807) is 0 Å². The summed E-state index contributed by atoms with van der Waals surface area (Å²) in [4.78, 5) is 5.18. The van der Waals surface area contributed by atoms with Crippen LogP contribution in [-0.2, 0) is 4.84 Å². The minimum Gasteiger partial charge on any atom is -0.399 e. The first-order valence-electron chi connectivity index (χ1n) is 4.44. The van der Waals surface area contributed by atoms with E-state index in [2.05, 4.69) is 5.16 Å². The highest BCUT2D eigenvalue weighted by Gasteiger charge is 2.48. The van der Waals surface area contributed by atoms with Crippen LogP contribution in [0.15, 0.2) is 29.4 Å². The summed E-state index contributed by atoms with van der Waals surface area (Å²) in [7, 11) is 0. The molecular formula is C10H10N2O. The minimum atomic E-state index is 0.358. The lowest BCUT2D eigenvalue weighted by molar-refractivity contribution is 0.140. The van der Waals surface area contributed by atoms with E-state index in [4.69, 9.17) is 10.6 Å². The molecule has 0 amide bonds. The molecule has 1 aromatic carbocycles. The third kappa shape index (κ3) is 1.00. The van der Waals surface area contributed by atoms with Crippen LogP contribution in [0, 0.1) is 5.92 Å². The van der Waals surface area contributed by atoms with Gasteiger partial charge in [0.25, 0.3) is 0 Å². The molecule has 3 rings (SSSR count). The summed E-state index contributed by atoms with van der Waals surface area (Å²) in [5.41, 5.74) is 8.64. The summed E-state index contributed by atoms with van der Waals surface area (Å²) in [5.74, 6) is 0.529.